The average Bonchev–Trinajstić information content (AvgIpc) is 2.55. The molecule has 21 heavy (non-hydrogen) atoms. The Labute approximate surface area is 128 Å². The molecule has 0 radical (unpaired) electrons. The van der Waals surface area contributed by atoms with Gasteiger partial charge in [0.05, 0.1) is 5.52 Å². The van der Waals surface area contributed by atoms with Crippen molar-refractivity contribution in [3.63, 3.8) is 0 Å². The molecule has 0 aliphatic heterocycles. The minimum Gasteiger partial charge on any atom is -0.432 e. The first kappa shape index (κ1) is 13.5. The highest BCUT2D eigenvalue weighted by atomic mass is 32.1. The van der Waals surface area contributed by atoms with Crippen LogP contribution in [-0.4, -0.2) is 17.2 Å². The first-order valence-electron chi connectivity index (χ1n) is 6.59. The molecule has 104 valence electrons. The smallest absolute Gasteiger partial charge is 0.269 e. The standard InChI is InChI=1S/C17H14N2OS/c1-19(14-7-3-2-4-8-14)17(21)20-15-9-10-16-13(12-15)6-5-11-18-16/h2-12H,1H3. The Morgan fingerprint density at radius 3 is 2.67 bits per heavy atom. The molecule has 0 aliphatic rings. The number of anilines is 1. The molecule has 0 fully saturated rings. The highest BCUT2D eigenvalue weighted by molar-refractivity contribution is 7.80. The Morgan fingerprint density at radius 2 is 1.86 bits per heavy atom. The van der Waals surface area contributed by atoms with E-state index in [0.29, 0.717) is 10.9 Å². The summed E-state index contributed by atoms with van der Waals surface area (Å²) < 4.78 is 5.77. The molecule has 0 spiro atoms. The quantitative estimate of drug-likeness (QED) is 0.666. The summed E-state index contributed by atoms with van der Waals surface area (Å²) in [7, 11) is 1.89. The van der Waals surface area contributed by atoms with Crippen molar-refractivity contribution in [2.24, 2.45) is 0 Å². The van der Waals surface area contributed by atoms with Crippen LogP contribution in [0.5, 0.6) is 5.75 Å². The molecule has 0 bridgehead atoms. The fraction of sp³-hybridized carbons (Fsp3) is 0.0588. The number of fused-ring (bicyclic) bond motifs is 1. The second-order valence-electron chi connectivity index (χ2n) is 4.62. The molecule has 0 saturated heterocycles. The first-order valence-corrected chi connectivity index (χ1v) is 7.00. The van der Waals surface area contributed by atoms with E-state index >= 15 is 0 Å². The third-order valence-corrected chi connectivity index (χ3v) is 3.55. The maximum atomic E-state index is 5.77. The number of ether oxygens (including phenoxy) is 1. The van der Waals surface area contributed by atoms with Crippen LogP contribution in [0.4, 0.5) is 5.69 Å². The van der Waals surface area contributed by atoms with Gasteiger partial charge in [-0.3, -0.25) is 4.98 Å². The topological polar surface area (TPSA) is 25.4 Å². The van der Waals surface area contributed by atoms with Crippen molar-refractivity contribution in [3.05, 3.63) is 66.9 Å². The molecule has 0 saturated carbocycles. The molecule has 3 nitrogen and oxygen atoms in total. The summed E-state index contributed by atoms with van der Waals surface area (Å²) in [4.78, 5) is 6.12. The normalized spacial score (nSPS) is 10.3. The minimum atomic E-state index is 0.407. The minimum absolute atomic E-state index is 0.407. The molecule has 0 aliphatic carbocycles. The summed E-state index contributed by atoms with van der Waals surface area (Å²) in [6, 6.07) is 19.5. The van der Waals surface area contributed by atoms with Crippen LogP contribution in [0.2, 0.25) is 0 Å². The molecule has 0 N–H and O–H groups in total. The van der Waals surface area contributed by atoms with Gasteiger partial charge in [0.25, 0.3) is 5.17 Å². The van der Waals surface area contributed by atoms with Crippen molar-refractivity contribution < 1.29 is 4.74 Å². The number of nitrogens with zero attached hydrogens (tertiary/aromatic N) is 2. The molecule has 3 rings (SSSR count). The lowest BCUT2D eigenvalue weighted by atomic mass is 10.2. The van der Waals surface area contributed by atoms with Crippen LogP contribution in [0.3, 0.4) is 0 Å². The van der Waals surface area contributed by atoms with E-state index in [-0.39, 0.29) is 0 Å². The molecule has 1 heterocycles. The Hall–Kier alpha value is -2.46. The highest BCUT2D eigenvalue weighted by Gasteiger charge is 2.09. The predicted molar refractivity (Wildman–Crippen MR) is 89.8 cm³/mol. The van der Waals surface area contributed by atoms with Gasteiger partial charge >= 0.3 is 0 Å². The molecule has 3 aromatic rings. The largest absolute Gasteiger partial charge is 0.432 e. The summed E-state index contributed by atoms with van der Waals surface area (Å²) in [5.74, 6) is 0.711. The Bertz CT molecular complexity index is 774. The fourth-order valence-electron chi connectivity index (χ4n) is 2.04. The van der Waals surface area contributed by atoms with Crippen molar-refractivity contribution in [3.8, 4) is 5.75 Å². The Balaban J connectivity index is 1.80. The molecular formula is C17H14N2OS. The highest BCUT2D eigenvalue weighted by Crippen LogP contribution is 2.20. The molecule has 0 amide bonds. The van der Waals surface area contributed by atoms with E-state index in [9.17, 15) is 0 Å². The van der Waals surface area contributed by atoms with Gasteiger partial charge in [-0.1, -0.05) is 24.3 Å². The van der Waals surface area contributed by atoms with Gasteiger partial charge < -0.3 is 9.64 Å². The molecular weight excluding hydrogens is 280 g/mol. The number of thiocarbonyl (C=S) groups is 1. The summed E-state index contributed by atoms with van der Waals surface area (Å²) in [6.07, 6.45) is 1.77. The monoisotopic (exact) mass is 294 g/mol. The maximum Gasteiger partial charge on any atom is 0.269 e. The van der Waals surface area contributed by atoms with Crippen molar-refractivity contribution in [2.45, 2.75) is 0 Å². The van der Waals surface area contributed by atoms with Gasteiger partial charge in [-0.25, -0.2) is 0 Å². The van der Waals surface area contributed by atoms with Crippen LogP contribution in [0.1, 0.15) is 0 Å². The predicted octanol–water partition coefficient (Wildman–Crippen LogP) is 4.03. The molecule has 0 unspecified atom stereocenters. The lowest BCUT2D eigenvalue weighted by Gasteiger charge is -2.19. The fourth-order valence-corrected chi connectivity index (χ4v) is 2.25. The van der Waals surface area contributed by atoms with Crippen LogP contribution in [0.15, 0.2) is 66.9 Å². The van der Waals surface area contributed by atoms with E-state index in [0.717, 1.165) is 16.6 Å². The van der Waals surface area contributed by atoms with E-state index in [2.05, 4.69) is 4.98 Å². The van der Waals surface area contributed by atoms with Crippen LogP contribution >= 0.6 is 12.2 Å². The van der Waals surface area contributed by atoms with E-state index < -0.39 is 0 Å². The van der Waals surface area contributed by atoms with E-state index in [1.54, 1.807) is 6.20 Å². The van der Waals surface area contributed by atoms with Crippen LogP contribution in [0.25, 0.3) is 10.9 Å². The SMILES string of the molecule is CN(C(=S)Oc1ccc2ncccc2c1)c1ccccc1. The second kappa shape index (κ2) is 5.89. The number of rotatable bonds is 2. The van der Waals surface area contributed by atoms with Gasteiger partial charge in [0.1, 0.15) is 5.75 Å². The Morgan fingerprint density at radius 1 is 1.05 bits per heavy atom. The molecule has 4 heteroatoms. The molecule has 2 aromatic carbocycles. The number of hydrogen-bond donors (Lipinski definition) is 0. The summed E-state index contributed by atoms with van der Waals surface area (Å²) in [5.41, 5.74) is 1.93. The number of hydrogen-bond acceptors (Lipinski definition) is 3. The van der Waals surface area contributed by atoms with Gasteiger partial charge in [-0.2, -0.15) is 0 Å². The zero-order valence-corrected chi connectivity index (χ0v) is 12.4. The van der Waals surface area contributed by atoms with Crippen molar-refractivity contribution >= 4 is 34.0 Å². The van der Waals surface area contributed by atoms with E-state index in [4.69, 9.17) is 17.0 Å². The van der Waals surface area contributed by atoms with Gasteiger partial charge in [0.15, 0.2) is 0 Å². The third kappa shape index (κ3) is 3.01. The Kier molecular flexibility index (Phi) is 3.79. The number of benzene rings is 2. The third-order valence-electron chi connectivity index (χ3n) is 3.20. The zero-order valence-electron chi connectivity index (χ0n) is 11.6. The number of pyridine rings is 1. The van der Waals surface area contributed by atoms with Gasteiger partial charge in [0.2, 0.25) is 0 Å². The van der Waals surface area contributed by atoms with Gasteiger partial charge in [-0.05, 0) is 48.6 Å². The second-order valence-corrected chi connectivity index (χ2v) is 4.97. The van der Waals surface area contributed by atoms with Crippen LogP contribution in [0, 0.1) is 0 Å². The lowest BCUT2D eigenvalue weighted by Crippen LogP contribution is -2.29. The average molecular weight is 294 g/mol. The van der Waals surface area contributed by atoms with Crippen molar-refractivity contribution in [1.29, 1.82) is 0 Å². The molecule has 0 atom stereocenters. The number of para-hydroxylation sites is 1. The summed E-state index contributed by atoms with van der Waals surface area (Å²) >= 11 is 5.35. The van der Waals surface area contributed by atoms with E-state index in [1.807, 2.05) is 72.6 Å². The van der Waals surface area contributed by atoms with Crippen molar-refractivity contribution in [1.82, 2.24) is 4.98 Å². The summed E-state index contributed by atoms with van der Waals surface area (Å²) in [6.45, 7) is 0. The zero-order chi connectivity index (χ0) is 14.7. The van der Waals surface area contributed by atoms with Gasteiger partial charge in [-0.15, -0.1) is 0 Å². The molecule has 1 aromatic heterocycles. The lowest BCUT2D eigenvalue weighted by molar-refractivity contribution is 0.553. The van der Waals surface area contributed by atoms with E-state index in [1.165, 1.54) is 0 Å². The van der Waals surface area contributed by atoms with Crippen molar-refractivity contribution in [2.75, 3.05) is 11.9 Å². The number of aromatic nitrogens is 1. The maximum absolute atomic E-state index is 5.77. The summed E-state index contributed by atoms with van der Waals surface area (Å²) in [5, 5.41) is 1.43. The van der Waals surface area contributed by atoms with Crippen LogP contribution < -0.4 is 9.64 Å². The first-order chi connectivity index (χ1) is 10.2. The van der Waals surface area contributed by atoms with Crippen LogP contribution in [-0.2, 0) is 0 Å². The van der Waals surface area contributed by atoms with Gasteiger partial charge in [0, 0.05) is 24.3 Å².